The van der Waals surface area contributed by atoms with Crippen molar-refractivity contribution in [2.75, 3.05) is 23.3 Å². The van der Waals surface area contributed by atoms with Crippen molar-refractivity contribution in [2.24, 2.45) is 0 Å². The number of hydrogen-bond donors (Lipinski definition) is 1. The van der Waals surface area contributed by atoms with E-state index in [1.165, 1.54) is 0 Å². The number of nitrogens with one attached hydrogen (secondary N) is 1. The summed E-state index contributed by atoms with van der Waals surface area (Å²) in [5.41, 5.74) is 2.76. The van der Waals surface area contributed by atoms with E-state index >= 15 is 0 Å². The van der Waals surface area contributed by atoms with Crippen molar-refractivity contribution in [2.45, 2.75) is 13.8 Å². The number of anilines is 2. The van der Waals surface area contributed by atoms with E-state index in [-0.39, 0.29) is 10.9 Å². The molecule has 0 spiro atoms. The highest BCUT2D eigenvalue weighted by Gasteiger charge is 2.08. The lowest BCUT2D eigenvalue weighted by Gasteiger charge is -2.21. The normalized spacial score (nSPS) is 11.2. The molecule has 120 valence electrons. The number of amides is 1. The van der Waals surface area contributed by atoms with Crippen LogP contribution in [0.5, 0.6) is 0 Å². The van der Waals surface area contributed by atoms with E-state index < -0.39 is 0 Å². The summed E-state index contributed by atoms with van der Waals surface area (Å²) in [6.07, 6.45) is 1.65. The van der Waals surface area contributed by atoms with Gasteiger partial charge >= 0.3 is 0 Å². The minimum atomic E-state index is -0.314. The molecule has 0 unspecified atom stereocenters. The molecule has 0 heterocycles. The van der Waals surface area contributed by atoms with Gasteiger partial charge in [-0.15, -0.1) is 0 Å². The van der Waals surface area contributed by atoms with Crippen LogP contribution < -0.4 is 10.2 Å². The third kappa shape index (κ3) is 4.86. The lowest BCUT2D eigenvalue weighted by molar-refractivity contribution is -0.112. The predicted molar refractivity (Wildman–Crippen MR) is 98.9 cm³/mol. The van der Waals surface area contributed by atoms with E-state index in [0.717, 1.165) is 30.0 Å². The molecule has 0 bridgehead atoms. The summed E-state index contributed by atoms with van der Waals surface area (Å²) < 4.78 is 0. The minimum Gasteiger partial charge on any atom is -0.372 e. The van der Waals surface area contributed by atoms with Gasteiger partial charge in [0, 0.05) is 24.5 Å². The van der Waals surface area contributed by atoms with Gasteiger partial charge in [-0.25, -0.2) is 0 Å². The molecule has 0 atom stereocenters. The molecule has 0 aliphatic rings. The predicted octanol–water partition coefficient (Wildman–Crippen LogP) is 4.75. The van der Waals surface area contributed by atoms with Crippen LogP contribution in [0.3, 0.4) is 0 Å². The first-order chi connectivity index (χ1) is 11.1. The largest absolute Gasteiger partial charge is 0.372 e. The smallest absolute Gasteiger partial charge is 0.267 e. The van der Waals surface area contributed by atoms with E-state index in [0.29, 0.717) is 0 Å². The second-order valence-electron chi connectivity index (χ2n) is 5.08. The minimum absolute atomic E-state index is 0.156. The zero-order valence-corrected chi connectivity index (χ0v) is 14.2. The van der Waals surface area contributed by atoms with Crippen molar-refractivity contribution in [1.29, 1.82) is 0 Å². The van der Waals surface area contributed by atoms with Crippen molar-refractivity contribution in [3.8, 4) is 0 Å². The highest BCUT2D eigenvalue weighted by Crippen LogP contribution is 2.19. The molecule has 0 saturated heterocycles. The van der Waals surface area contributed by atoms with Gasteiger partial charge in [0.2, 0.25) is 0 Å². The second kappa shape index (κ2) is 8.39. The van der Waals surface area contributed by atoms with Gasteiger partial charge in [0.05, 0.1) is 0 Å². The van der Waals surface area contributed by atoms with Gasteiger partial charge in [-0.2, -0.15) is 0 Å². The summed E-state index contributed by atoms with van der Waals surface area (Å²) in [6, 6.07) is 17.3. The van der Waals surface area contributed by atoms with Crippen molar-refractivity contribution >= 4 is 35.0 Å². The Morgan fingerprint density at radius 3 is 2.22 bits per heavy atom. The lowest BCUT2D eigenvalue weighted by atomic mass is 10.2. The van der Waals surface area contributed by atoms with Crippen LogP contribution in [0.2, 0.25) is 0 Å². The molecule has 0 aliphatic carbocycles. The molecule has 0 aromatic heterocycles. The first-order valence-electron chi connectivity index (χ1n) is 7.72. The Labute approximate surface area is 142 Å². The molecular weight excluding hydrogens is 308 g/mol. The molecule has 1 amide bonds. The Hall–Kier alpha value is -2.26. The number of benzene rings is 2. The Morgan fingerprint density at radius 1 is 1.04 bits per heavy atom. The fourth-order valence-corrected chi connectivity index (χ4v) is 2.47. The van der Waals surface area contributed by atoms with E-state index in [2.05, 4.69) is 24.1 Å². The summed E-state index contributed by atoms with van der Waals surface area (Å²) in [7, 11) is 0. The van der Waals surface area contributed by atoms with Crippen molar-refractivity contribution in [3.63, 3.8) is 0 Å². The Morgan fingerprint density at radius 2 is 1.65 bits per heavy atom. The first-order valence-corrected chi connectivity index (χ1v) is 8.10. The van der Waals surface area contributed by atoms with Gasteiger partial charge in [0.1, 0.15) is 5.03 Å². The van der Waals surface area contributed by atoms with E-state index in [9.17, 15) is 4.79 Å². The first kappa shape index (κ1) is 17.1. The standard InChI is InChI=1S/C19H21ClN2O/c1-3-22(4-2)17-12-10-16(11-13-17)21-19(23)18(20)14-15-8-6-5-7-9-15/h5-14H,3-4H2,1-2H3,(H,21,23)/b18-14-. The monoisotopic (exact) mass is 328 g/mol. The van der Waals surface area contributed by atoms with Gasteiger partial charge < -0.3 is 10.2 Å². The van der Waals surface area contributed by atoms with Gasteiger partial charge in [-0.05, 0) is 49.8 Å². The molecule has 0 aliphatic heterocycles. The number of nitrogens with zero attached hydrogens (tertiary/aromatic N) is 1. The molecule has 2 aromatic carbocycles. The summed E-state index contributed by atoms with van der Waals surface area (Å²) in [5, 5.41) is 2.96. The summed E-state index contributed by atoms with van der Waals surface area (Å²) in [5.74, 6) is -0.314. The number of carbonyl (C=O) groups excluding carboxylic acids is 1. The summed E-state index contributed by atoms with van der Waals surface area (Å²) in [6.45, 7) is 6.14. The van der Waals surface area contributed by atoms with Gasteiger partial charge in [-0.3, -0.25) is 4.79 Å². The number of rotatable bonds is 6. The Kier molecular flexibility index (Phi) is 6.24. The Bertz CT molecular complexity index is 662. The average molecular weight is 329 g/mol. The van der Waals surface area contributed by atoms with Crippen LogP contribution in [0.4, 0.5) is 11.4 Å². The van der Waals surface area contributed by atoms with Crippen LogP contribution >= 0.6 is 11.6 Å². The molecule has 4 heteroatoms. The zero-order chi connectivity index (χ0) is 16.7. The molecular formula is C19H21ClN2O. The zero-order valence-electron chi connectivity index (χ0n) is 13.4. The van der Waals surface area contributed by atoms with Crippen LogP contribution in [0.15, 0.2) is 59.6 Å². The second-order valence-corrected chi connectivity index (χ2v) is 5.48. The van der Waals surface area contributed by atoms with Gasteiger partial charge in [0.25, 0.3) is 5.91 Å². The van der Waals surface area contributed by atoms with Crippen LogP contribution in [-0.2, 0) is 4.79 Å². The number of hydrogen-bond acceptors (Lipinski definition) is 2. The fraction of sp³-hybridized carbons (Fsp3) is 0.211. The van der Waals surface area contributed by atoms with Gasteiger partial charge in [-0.1, -0.05) is 41.9 Å². The Balaban J connectivity index is 2.04. The lowest BCUT2D eigenvalue weighted by Crippen LogP contribution is -2.21. The quantitative estimate of drug-likeness (QED) is 0.776. The molecule has 3 nitrogen and oxygen atoms in total. The topological polar surface area (TPSA) is 32.3 Å². The molecule has 2 rings (SSSR count). The van der Waals surface area contributed by atoms with Gasteiger partial charge in [0.15, 0.2) is 0 Å². The maximum atomic E-state index is 12.1. The van der Waals surface area contributed by atoms with Crippen LogP contribution in [0.1, 0.15) is 19.4 Å². The molecule has 1 N–H and O–H groups in total. The molecule has 0 radical (unpaired) electrons. The van der Waals surface area contributed by atoms with E-state index in [4.69, 9.17) is 11.6 Å². The third-order valence-electron chi connectivity index (χ3n) is 3.56. The molecule has 0 fully saturated rings. The number of carbonyl (C=O) groups is 1. The van der Waals surface area contributed by atoms with E-state index in [1.54, 1.807) is 6.08 Å². The van der Waals surface area contributed by atoms with Crippen LogP contribution in [0, 0.1) is 0 Å². The molecule has 0 saturated carbocycles. The third-order valence-corrected chi connectivity index (χ3v) is 3.84. The molecule has 23 heavy (non-hydrogen) atoms. The molecule has 2 aromatic rings. The maximum absolute atomic E-state index is 12.1. The maximum Gasteiger partial charge on any atom is 0.267 e. The summed E-state index contributed by atoms with van der Waals surface area (Å²) in [4.78, 5) is 14.4. The van der Waals surface area contributed by atoms with Crippen molar-refractivity contribution in [3.05, 3.63) is 65.2 Å². The SMILES string of the molecule is CCN(CC)c1ccc(NC(=O)/C(Cl)=C/c2ccccc2)cc1. The average Bonchev–Trinajstić information content (AvgIpc) is 2.58. The van der Waals surface area contributed by atoms with Crippen molar-refractivity contribution < 1.29 is 4.79 Å². The van der Waals surface area contributed by atoms with Crippen LogP contribution in [0.25, 0.3) is 6.08 Å². The highest BCUT2D eigenvalue weighted by atomic mass is 35.5. The van der Waals surface area contributed by atoms with Crippen LogP contribution in [-0.4, -0.2) is 19.0 Å². The summed E-state index contributed by atoms with van der Waals surface area (Å²) >= 11 is 6.08. The van der Waals surface area contributed by atoms with Crippen molar-refractivity contribution in [1.82, 2.24) is 0 Å². The highest BCUT2D eigenvalue weighted by molar-refractivity contribution is 6.45. The fourth-order valence-electron chi connectivity index (χ4n) is 2.30. The van der Waals surface area contributed by atoms with E-state index in [1.807, 2.05) is 54.6 Å². The number of halogens is 1.